The van der Waals surface area contributed by atoms with Crippen molar-refractivity contribution in [3.8, 4) is 0 Å². The monoisotopic (exact) mass is 590 g/mol. The Balaban J connectivity index is 2.06. The van der Waals surface area contributed by atoms with Crippen molar-refractivity contribution in [2.24, 2.45) is 10.8 Å². The topological polar surface area (TPSA) is 55.8 Å². The fourth-order valence-corrected chi connectivity index (χ4v) is 12.5. The Morgan fingerprint density at radius 1 is 0.795 bits per heavy atom. The molecular weight excluding hydrogens is 541 g/mol. The standard InChI is InChI=1S/C32H50O4S2Si/c1-29(2,3)39(26-16-12-10-13-17-26,27-18-14-11-15-19-27)36-24-31(6,7)22-30(4,5)23-35-25-37-38-32(8,9)21-20-28(33)34/h10-19H,20-25H2,1-9H3,(H,33,34). The molecule has 0 aliphatic carbocycles. The summed E-state index contributed by atoms with van der Waals surface area (Å²) in [6.45, 7) is 21.6. The van der Waals surface area contributed by atoms with Crippen molar-refractivity contribution in [2.75, 3.05) is 19.2 Å². The first kappa shape index (κ1) is 34.0. The van der Waals surface area contributed by atoms with Crippen molar-refractivity contribution in [1.82, 2.24) is 0 Å². The van der Waals surface area contributed by atoms with Crippen LogP contribution in [0.2, 0.25) is 5.04 Å². The molecule has 0 spiro atoms. The molecule has 0 unspecified atom stereocenters. The zero-order valence-corrected chi connectivity index (χ0v) is 28.1. The van der Waals surface area contributed by atoms with E-state index in [4.69, 9.17) is 14.3 Å². The van der Waals surface area contributed by atoms with Crippen molar-refractivity contribution in [2.45, 2.75) is 91.4 Å². The van der Waals surface area contributed by atoms with E-state index in [9.17, 15) is 4.79 Å². The maximum atomic E-state index is 10.9. The molecule has 0 aliphatic rings. The van der Waals surface area contributed by atoms with Crippen molar-refractivity contribution in [3.63, 3.8) is 0 Å². The van der Waals surface area contributed by atoms with Gasteiger partial charge < -0.3 is 14.3 Å². The summed E-state index contributed by atoms with van der Waals surface area (Å²) >= 11 is 0. The van der Waals surface area contributed by atoms with Crippen LogP contribution in [-0.4, -0.2) is 43.3 Å². The minimum atomic E-state index is -2.58. The number of carboxylic acid groups (broad SMARTS) is 1. The van der Waals surface area contributed by atoms with Gasteiger partial charge in [0.1, 0.15) is 5.94 Å². The van der Waals surface area contributed by atoms with E-state index in [1.54, 1.807) is 21.6 Å². The maximum absolute atomic E-state index is 10.9. The largest absolute Gasteiger partial charge is 0.481 e. The molecule has 7 heteroatoms. The van der Waals surface area contributed by atoms with Gasteiger partial charge in [-0.2, -0.15) is 0 Å². The van der Waals surface area contributed by atoms with Crippen LogP contribution < -0.4 is 10.4 Å². The fourth-order valence-electron chi connectivity index (χ4n) is 5.45. The number of hydrogen-bond donors (Lipinski definition) is 1. The minimum Gasteiger partial charge on any atom is -0.481 e. The van der Waals surface area contributed by atoms with Gasteiger partial charge >= 0.3 is 5.97 Å². The Morgan fingerprint density at radius 2 is 1.28 bits per heavy atom. The van der Waals surface area contributed by atoms with Crippen LogP contribution in [0, 0.1) is 10.8 Å². The average molecular weight is 591 g/mol. The summed E-state index contributed by atoms with van der Waals surface area (Å²) in [4.78, 5) is 10.9. The zero-order chi connectivity index (χ0) is 29.4. The molecule has 0 heterocycles. The van der Waals surface area contributed by atoms with Gasteiger partial charge in [0, 0.05) is 17.8 Å². The van der Waals surface area contributed by atoms with Crippen molar-refractivity contribution in [1.29, 1.82) is 0 Å². The highest BCUT2D eigenvalue weighted by Gasteiger charge is 2.51. The van der Waals surface area contributed by atoms with Crippen LogP contribution in [0.15, 0.2) is 60.7 Å². The molecule has 0 saturated carbocycles. The lowest BCUT2D eigenvalue weighted by atomic mass is 9.76. The summed E-state index contributed by atoms with van der Waals surface area (Å²) in [6.07, 6.45) is 1.81. The molecule has 0 aromatic heterocycles. The third-order valence-electron chi connectivity index (χ3n) is 6.90. The number of carbonyl (C=O) groups is 1. The molecule has 0 amide bonds. The molecular formula is C32H50O4S2Si. The summed E-state index contributed by atoms with van der Waals surface area (Å²) in [5.41, 5.74) is -0.0526. The summed E-state index contributed by atoms with van der Waals surface area (Å²) in [6, 6.07) is 21.7. The average Bonchev–Trinajstić information content (AvgIpc) is 2.83. The number of rotatable bonds is 16. The van der Waals surface area contributed by atoms with Gasteiger partial charge in [-0.1, -0.05) is 131 Å². The Morgan fingerprint density at radius 3 is 1.74 bits per heavy atom. The van der Waals surface area contributed by atoms with E-state index < -0.39 is 14.3 Å². The van der Waals surface area contributed by atoms with E-state index in [0.717, 1.165) is 6.42 Å². The van der Waals surface area contributed by atoms with Crippen LogP contribution in [0.3, 0.4) is 0 Å². The van der Waals surface area contributed by atoms with E-state index in [0.29, 0.717) is 25.6 Å². The lowest BCUT2D eigenvalue weighted by Gasteiger charge is -2.45. The van der Waals surface area contributed by atoms with Crippen LogP contribution in [0.25, 0.3) is 0 Å². The molecule has 0 atom stereocenters. The Bertz CT molecular complexity index is 978. The van der Waals surface area contributed by atoms with Crippen LogP contribution in [0.1, 0.15) is 81.6 Å². The van der Waals surface area contributed by atoms with E-state index >= 15 is 0 Å². The van der Waals surface area contributed by atoms with E-state index in [-0.39, 0.29) is 27.0 Å². The highest BCUT2D eigenvalue weighted by atomic mass is 33.1. The number of ether oxygens (including phenoxy) is 1. The van der Waals surface area contributed by atoms with Gasteiger partial charge in [0.05, 0.1) is 6.61 Å². The Kier molecular flexibility index (Phi) is 12.3. The van der Waals surface area contributed by atoms with Crippen molar-refractivity contribution in [3.05, 3.63) is 60.7 Å². The second kappa shape index (κ2) is 14.1. The first-order chi connectivity index (χ1) is 18.0. The number of carboxylic acids is 1. The third-order valence-corrected chi connectivity index (χ3v) is 14.9. The number of hydrogen-bond acceptors (Lipinski definition) is 5. The van der Waals surface area contributed by atoms with E-state index in [1.165, 1.54) is 10.4 Å². The fraction of sp³-hybridized carbons (Fsp3) is 0.594. The van der Waals surface area contributed by atoms with Crippen molar-refractivity contribution < 1.29 is 19.1 Å². The van der Waals surface area contributed by atoms with Crippen LogP contribution >= 0.6 is 21.6 Å². The molecule has 1 N–H and O–H groups in total. The molecule has 218 valence electrons. The van der Waals surface area contributed by atoms with Gasteiger partial charge in [0.15, 0.2) is 0 Å². The molecule has 0 aliphatic heterocycles. The molecule has 0 bridgehead atoms. The van der Waals surface area contributed by atoms with Crippen LogP contribution in [0.5, 0.6) is 0 Å². The van der Waals surface area contributed by atoms with Gasteiger partial charge in [0.2, 0.25) is 0 Å². The van der Waals surface area contributed by atoms with Gasteiger partial charge in [-0.3, -0.25) is 4.79 Å². The quantitative estimate of drug-likeness (QED) is 0.0925. The molecule has 2 rings (SSSR count). The summed E-state index contributed by atoms with van der Waals surface area (Å²) < 4.78 is 13.2. The van der Waals surface area contributed by atoms with Gasteiger partial charge in [0.25, 0.3) is 8.32 Å². The predicted molar refractivity (Wildman–Crippen MR) is 173 cm³/mol. The maximum Gasteiger partial charge on any atom is 0.303 e. The molecule has 2 aromatic carbocycles. The first-order valence-corrected chi connectivity index (χ1v) is 18.1. The molecule has 0 fully saturated rings. The molecule has 4 nitrogen and oxygen atoms in total. The summed E-state index contributed by atoms with van der Waals surface area (Å²) in [7, 11) is 0.794. The van der Waals surface area contributed by atoms with Gasteiger partial charge in [-0.25, -0.2) is 0 Å². The number of aliphatic carboxylic acids is 1. The second-order valence-electron chi connectivity index (χ2n) is 13.8. The lowest BCUT2D eigenvalue weighted by molar-refractivity contribution is -0.137. The van der Waals surface area contributed by atoms with Gasteiger partial charge in [-0.05, 0) is 52.9 Å². The summed E-state index contributed by atoms with van der Waals surface area (Å²) in [5, 5.41) is 11.5. The first-order valence-electron chi connectivity index (χ1n) is 13.9. The Hall–Kier alpha value is -1.25. The van der Waals surface area contributed by atoms with E-state index in [2.05, 4.69) is 123 Å². The van der Waals surface area contributed by atoms with Crippen molar-refractivity contribution >= 4 is 46.2 Å². The Labute approximate surface area is 246 Å². The smallest absolute Gasteiger partial charge is 0.303 e. The highest BCUT2D eigenvalue weighted by Crippen LogP contribution is 2.41. The second-order valence-corrected chi connectivity index (χ2v) is 21.0. The highest BCUT2D eigenvalue weighted by molar-refractivity contribution is 8.77. The van der Waals surface area contributed by atoms with Gasteiger partial charge in [-0.15, -0.1) is 0 Å². The lowest BCUT2D eigenvalue weighted by Crippen LogP contribution is -2.67. The van der Waals surface area contributed by atoms with Crippen LogP contribution in [0.4, 0.5) is 0 Å². The molecule has 2 aromatic rings. The summed E-state index contributed by atoms with van der Waals surface area (Å²) in [5.74, 6) is -0.155. The number of benzene rings is 2. The molecule has 39 heavy (non-hydrogen) atoms. The zero-order valence-electron chi connectivity index (χ0n) is 25.5. The third kappa shape index (κ3) is 10.6. The SMILES string of the molecule is CC(C)(COCSSC(C)(C)CCC(=O)O)CC(C)(C)CO[Si](c1ccccc1)(c1ccccc1)C(C)(C)C. The minimum absolute atomic E-state index is 0.0116. The predicted octanol–water partition coefficient (Wildman–Crippen LogP) is 8.00. The normalized spacial score (nSPS) is 13.5. The van der Waals surface area contributed by atoms with E-state index in [1.807, 2.05) is 0 Å². The molecule has 0 radical (unpaired) electrons. The van der Waals surface area contributed by atoms with Crippen LogP contribution in [-0.2, 0) is 14.0 Å². The molecule has 0 saturated heterocycles.